The summed E-state index contributed by atoms with van der Waals surface area (Å²) in [7, 11) is 0. The van der Waals surface area contributed by atoms with Gasteiger partial charge in [-0.3, -0.25) is 9.36 Å². The third-order valence-corrected chi connectivity index (χ3v) is 3.05. The molecule has 6 heteroatoms. The second kappa shape index (κ2) is 5.09. The highest BCUT2D eigenvalue weighted by atomic mass is 16.1. The van der Waals surface area contributed by atoms with Crippen LogP contribution in [0.1, 0.15) is 0 Å². The summed E-state index contributed by atoms with van der Waals surface area (Å²) in [6, 6.07) is 12.6. The van der Waals surface area contributed by atoms with E-state index < -0.39 is 5.56 Å². The van der Waals surface area contributed by atoms with Gasteiger partial charge in [-0.2, -0.15) is 4.98 Å². The average Bonchev–Trinajstić information content (AvgIpc) is 2.51. The lowest BCUT2D eigenvalue weighted by Crippen LogP contribution is -2.18. The minimum absolute atomic E-state index is 0.0545. The predicted octanol–water partition coefficient (Wildman–Crippen LogP) is 1.46. The van der Waals surface area contributed by atoms with Gasteiger partial charge in [0.1, 0.15) is 11.5 Å². The molecule has 21 heavy (non-hydrogen) atoms. The van der Waals surface area contributed by atoms with Crippen LogP contribution in [-0.4, -0.2) is 14.5 Å². The van der Waals surface area contributed by atoms with Gasteiger partial charge < -0.3 is 11.5 Å². The normalized spacial score (nSPS) is 10.5. The molecule has 0 spiro atoms. The van der Waals surface area contributed by atoms with Crippen LogP contribution in [0.4, 0.5) is 11.4 Å². The summed E-state index contributed by atoms with van der Waals surface area (Å²) >= 11 is 0. The topological polar surface area (TPSA) is 99.8 Å². The molecule has 6 nitrogen and oxygen atoms in total. The van der Waals surface area contributed by atoms with Gasteiger partial charge in [0.2, 0.25) is 0 Å². The van der Waals surface area contributed by atoms with Crippen LogP contribution in [0.3, 0.4) is 0 Å². The van der Waals surface area contributed by atoms with Crippen molar-refractivity contribution in [3.8, 4) is 17.2 Å². The molecule has 3 aromatic rings. The summed E-state index contributed by atoms with van der Waals surface area (Å²) < 4.78 is 1.66. The smallest absolute Gasteiger partial charge is 0.296 e. The lowest BCUT2D eigenvalue weighted by atomic mass is 10.1. The Hall–Kier alpha value is -3.15. The molecule has 0 amide bonds. The van der Waals surface area contributed by atoms with E-state index in [9.17, 15) is 4.79 Å². The van der Waals surface area contributed by atoms with Gasteiger partial charge in [0.05, 0.1) is 0 Å². The molecule has 2 aromatic heterocycles. The molecule has 104 valence electrons. The van der Waals surface area contributed by atoms with Crippen LogP contribution in [0.2, 0.25) is 0 Å². The first kappa shape index (κ1) is 12.9. The minimum Gasteiger partial charge on any atom is -0.398 e. The molecular weight excluding hydrogens is 266 g/mol. The molecule has 0 saturated carbocycles. The molecule has 0 aliphatic rings. The number of hydrogen-bond acceptors (Lipinski definition) is 5. The third kappa shape index (κ3) is 2.34. The summed E-state index contributed by atoms with van der Waals surface area (Å²) in [5.41, 5.74) is 12.4. The number of nitrogens with two attached hydrogens (primary N) is 2. The van der Waals surface area contributed by atoms with E-state index in [0.29, 0.717) is 22.9 Å². The maximum Gasteiger partial charge on any atom is 0.296 e. The molecule has 2 heterocycles. The molecule has 0 atom stereocenters. The van der Waals surface area contributed by atoms with Gasteiger partial charge in [-0.15, -0.1) is 0 Å². The van der Waals surface area contributed by atoms with Gasteiger partial charge >= 0.3 is 0 Å². The minimum atomic E-state index is -0.486. The predicted molar refractivity (Wildman–Crippen MR) is 81.9 cm³/mol. The SMILES string of the molecule is Nc1ccccc1-c1nc(=O)c(N)cn1-c1ccccn1. The lowest BCUT2D eigenvalue weighted by molar-refractivity contribution is 0.942. The number of benzene rings is 1. The molecule has 0 aliphatic heterocycles. The van der Waals surface area contributed by atoms with Crippen LogP contribution in [0, 0.1) is 0 Å². The maximum absolute atomic E-state index is 11.8. The van der Waals surface area contributed by atoms with Crippen LogP contribution >= 0.6 is 0 Å². The Bertz CT molecular complexity index is 842. The van der Waals surface area contributed by atoms with E-state index in [1.54, 1.807) is 35.0 Å². The molecular formula is C15H13N5O. The van der Waals surface area contributed by atoms with Crippen LogP contribution < -0.4 is 17.0 Å². The molecule has 3 rings (SSSR count). The lowest BCUT2D eigenvalue weighted by Gasteiger charge is -2.13. The molecule has 0 radical (unpaired) electrons. The number of nitrogen functional groups attached to an aromatic ring is 2. The number of anilines is 2. The zero-order chi connectivity index (χ0) is 14.8. The Labute approximate surface area is 120 Å². The van der Waals surface area contributed by atoms with Crippen molar-refractivity contribution in [2.75, 3.05) is 11.5 Å². The fourth-order valence-electron chi connectivity index (χ4n) is 2.03. The van der Waals surface area contributed by atoms with Crippen LogP contribution in [-0.2, 0) is 0 Å². The van der Waals surface area contributed by atoms with E-state index in [1.165, 1.54) is 6.20 Å². The standard InChI is InChI=1S/C15H13N5O/c16-11-6-2-1-5-10(11)14-19-15(21)12(17)9-20(14)13-7-3-4-8-18-13/h1-9H,16-17H2. The van der Waals surface area contributed by atoms with E-state index in [0.717, 1.165) is 0 Å². The quantitative estimate of drug-likeness (QED) is 0.692. The first-order valence-corrected chi connectivity index (χ1v) is 6.32. The summed E-state index contributed by atoms with van der Waals surface area (Å²) in [4.78, 5) is 20.1. The Kier molecular flexibility index (Phi) is 3.12. The highest BCUT2D eigenvalue weighted by Gasteiger charge is 2.13. The fourth-order valence-corrected chi connectivity index (χ4v) is 2.03. The van der Waals surface area contributed by atoms with Gasteiger partial charge in [-0.25, -0.2) is 4.98 Å². The van der Waals surface area contributed by atoms with Crippen LogP contribution in [0.15, 0.2) is 59.7 Å². The van der Waals surface area contributed by atoms with E-state index in [4.69, 9.17) is 11.5 Å². The summed E-state index contributed by atoms with van der Waals surface area (Å²) in [6.07, 6.45) is 3.17. The Morgan fingerprint density at radius 3 is 2.43 bits per heavy atom. The first-order valence-electron chi connectivity index (χ1n) is 6.32. The Balaban J connectivity index is 2.32. The van der Waals surface area contributed by atoms with Crippen LogP contribution in [0.25, 0.3) is 17.2 Å². The van der Waals surface area contributed by atoms with Gasteiger partial charge in [0, 0.05) is 23.6 Å². The van der Waals surface area contributed by atoms with E-state index >= 15 is 0 Å². The Morgan fingerprint density at radius 2 is 1.71 bits per heavy atom. The van der Waals surface area contributed by atoms with E-state index in [-0.39, 0.29) is 5.69 Å². The number of rotatable bonds is 2. The highest BCUT2D eigenvalue weighted by molar-refractivity contribution is 5.72. The average molecular weight is 279 g/mol. The van der Waals surface area contributed by atoms with E-state index in [2.05, 4.69) is 9.97 Å². The van der Waals surface area contributed by atoms with Crippen molar-refractivity contribution in [3.63, 3.8) is 0 Å². The zero-order valence-electron chi connectivity index (χ0n) is 11.1. The van der Waals surface area contributed by atoms with Gasteiger partial charge in [-0.1, -0.05) is 18.2 Å². The first-order chi connectivity index (χ1) is 10.2. The van der Waals surface area contributed by atoms with Crippen molar-refractivity contribution in [2.24, 2.45) is 0 Å². The van der Waals surface area contributed by atoms with Crippen molar-refractivity contribution >= 4 is 11.4 Å². The number of nitrogens with zero attached hydrogens (tertiary/aromatic N) is 3. The maximum atomic E-state index is 11.8. The molecule has 1 aromatic carbocycles. The van der Waals surface area contributed by atoms with Crippen molar-refractivity contribution in [2.45, 2.75) is 0 Å². The monoisotopic (exact) mass is 279 g/mol. The molecule has 4 N–H and O–H groups in total. The van der Waals surface area contributed by atoms with Gasteiger partial charge in [-0.05, 0) is 24.3 Å². The number of aromatic nitrogens is 3. The molecule has 0 saturated heterocycles. The number of para-hydroxylation sites is 1. The Morgan fingerprint density at radius 1 is 0.952 bits per heavy atom. The second-order valence-corrected chi connectivity index (χ2v) is 4.47. The molecule has 0 aliphatic carbocycles. The van der Waals surface area contributed by atoms with Crippen LogP contribution in [0.5, 0.6) is 0 Å². The van der Waals surface area contributed by atoms with Crippen molar-refractivity contribution < 1.29 is 0 Å². The van der Waals surface area contributed by atoms with Crippen molar-refractivity contribution in [1.29, 1.82) is 0 Å². The van der Waals surface area contributed by atoms with Gasteiger partial charge in [0.15, 0.2) is 5.82 Å². The molecule has 0 bridgehead atoms. The molecule has 0 unspecified atom stereocenters. The van der Waals surface area contributed by atoms with Crippen molar-refractivity contribution in [3.05, 3.63) is 65.2 Å². The van der Waals surface area contributed by atoms with Crippen molar-refractivity contribution in [1.82, 2.24) is 14.5 Å². The fraction of sp³-hybridized carbons (Fsp3) is 0. The number of hydrogen-bond donors (Lipinski definition) is 2. The highest BCUT2D eigenvalue weighted by Crippen LogP contribution is 2.25. The number of pyridine rings is 1. The second-order valence-electron chi connectivity index (χ2n) is 4.47. The molecule has 0 fully saturated rings. The third-order valence-electron chi connectivity index (χ3n) is 3.05. The van der Waals surface area contributed by atoms with Gasteiger partial charge in [0.25, 0.3) is 5.56 Å². The van der Waals surface area contributed by atoms with E-state index in [1.807, 2.05) is 18.2 Å². The zero-order valence-corrected chi connectivity index (χ0v) is 11.1. The largest absolute Gasteiger partial charge is 0.398 e. The summed E-state index contributed by atoms with van der Waals surface area (Å²) in [5, 5.41) is 0. The summed E-state index contributed by atoms with van der Waals surface area (Å²) in [5.74, 6) is 1.01. The summed E-state index contributed by atoms with van der Waals surface area (Å²) in [6.45, 7) is 0.